The van der Waals surface area contributed by atoms with Crippen LogP contribution in [0.2, 0.25) is 5.02 Å². The number of carbonyl (C=O) groups is 2. The zero-order valence-electron chi connectivity index (χ0n) is 9.33. The summed E-state index contributed by atoms with van der Waals surface area (Å²) in [6, 6.07) is 4.79. The predicted molar refractivity (Wildman–Crippen MR) is 65.0 cm³/mol. The van der Waals surface area contributed by atoms with Gasteiger partial charge in [-0.25, -0.2) is 0 Å². The second kappa shape index (κ2) is 6.72. The van der Waals surface area contributed by atoms with Crippen LogP contribution in [0.25, 0.3) is 0 Å². The Morgan fingerprint density at radius 2 is 2.29 bits per heavy atom. The van der Waals surface area contributed by atoms with E-state index in [1.807, 2.05) is 0 Å². The zero-order valence-corrected chi connectivity index (χ0v) is 10.1. The Balaban J connectivity index is 2.72. The van der Waals surface area contributed by atoms with Gasteiger partial charge in [0.1, 0.15) is 12.7 Å². The summed E-state index contributed by atoms with van der Waals surface area (Å²) in [5, 5.41) is 0.394. The van der Waals surface area contributed by atoms with Crippen molar-refractivity contribution in [2.45, 2.75) is 13.3 Å². The van der Waals surface area contributed by atoms with Crippen molar-refractivity contribution in [3.8, 4) is 11.8 Å². The topological polar surface area (TPSA) is 43.4 Å². The minimum atomic E-state index is -0.361. The van der Waals surface area contributed by atoms with Gasteiger partial charge in [0.2, 0.25) is 0 Å². The summed E-state index contributed by atoms with van der Waals surface area (Å²) in [5.74, 6) is 5.06. The first kappa shape index (κ1) is 13.3. The lowest BCUT2D eigenvalue weighted by molar-refractivity contribution is -0.141. The van der Waals surface area contributed by atoms with Crippen molar-refractivity contribution >= 4 is 23.9 Å². The van der Waals surface area contributed by atoms with E-state index >= 15 is 0 Å². The van der Waals surface area contributed by atoms with E-state index in [4.69, 9.17) is 16.3 Å². The van der Waals surface area contributed by atoms with Crippen molar-refractivity contribution in [1.29, 1.82) is 0 Å². The van der Waals surface area contributed by atoms with Gasteiger partial charge >= 0.3 is 5.97 Å². The van der Waals surface area contributed by atoms with Gasteiger partial charge in [-0.2, -0.15) is 0 Å². The van der Waals surface area contributed by atoms with Crippen LogP contribution in [-0.2, 0) is 9.53 Å². The zero-order chi connectivity index (χ0) is 12.7. The Morgan fingerprint density at radius 1 is 1.53 bits per heavy atom. The quantitative estimate of drug-likeness (QED) is 0.470. The molecule has 88 valence electrons. The van der Waals surface area contributed by atoms with Gasteiger partial charge in [-0.1, -0.05) is 29.5 Å². The van der Waals surface area contributed by atoms with Crippen molar-refractivity contribution in [2.24, 2.45) is 0 Å². The number of esters is 1. The molecule has 0 saturated heterocycles. The highest BCUT2D eigenvalue weighted by atomic mass is 35.5. The fourth-order valence-electron chi connectivity index (χ4n) is 1.13. The molecule has 1 aromatic carbocycles. The highest BCUT2D eigenvalue weighted by Gasteiger charge is 1.99. The smallest absolute Gasteiger partial charge is 0.317 e. The van der Waals surface area contributed by atoms with Crippen LogP contribution in [0.1, 0.15) is 29.3 Å². The molecular formula is C13H11ClO3. The molecule has 0 aliphatic carbocycles. The molecule has 1 rings (SSSR count). The molecule has 0 unspecified atom stereocenters. The van der Waals surface area contributed by atoms with Crippen LogP contribution in [-0.4, -0.2) is 18.9 Å². The number of rotatable bonds is 3. The maximum atomic E-state index is 11.0. The molecule has 0 N–H and O–H groups in total. The third kappa shape index (κ3) is 4.29. The Labute approximate surface area is 105 Å². The van der Waals surface area contributed by atoms with E-state index in [9.17, 15) is 9.59 Å². The molecule has 0 fully saturated rings. The Bertz CT molecular complexity index is 483. The van der Waals surface area contributed by atoms with Crippen LogP contribution in [0.15, 0.2) is 18.2 Å². The summed E-state index contributed by atoms with van der Waals surface area (Å²) in [6.45, 7) is 2.08. The average Bonchev–Trinajstić information content (AvgIpc) is 2.31. The van der Waals surface area contributed by atoms with Gasteiger partial charge in [0.15, 0.2) is 0 Å². The summed E-state index contributed by atoms with van der Waals surface area (Å²) < 4.78 is 4.73. The molecule has 4 heteroatoms. The van der Waals surface area contributed by atoms with Crippen LogP contribution in [0.3, 0.4) is 0 Å². The first-order valence-corrected chi connectivity index (χ1v) is 5.44. The molecule has 0 amide bonds. The van der Waals surface area contributed by atoms with Gasteiger partial charge < -0.3 is 4.74 Å². The van der Waals surface area contributed by atoms with Crippen molar-refractivity contribution in [3.05, 3.63) is 34.3 Å². The second-order valence-electron chi connectivity index (χ2n) is 3.14. The van der Waals surface area contributed by atoms with E-state index < -0.39 is 0 Å². The number of carbonyl (C=O) groups excluding carboxylic acids is 2. The minimum absolute atomic E-state index is 0.0274. The van der Waals surface area contributed by atoms with Gasteiger partial charge in [-0.05, 0) is 19.1 Å². The SMILES string of the molecule is CCOC(=O)CC#Cc1ccc(C=O)cc1Cl. The van der Waals surface area contributed by atoms with E-state index in [1.54, 1.807) is 19.1 Å². The predicted octanol–water partition coefficient (Wildman–Crippen LogP) is 2.46. The van der Waals surface area contributed by atoms with E-state index in [2.05, 4.69) is 11.8 Å². The van der Waals surface area contributed by atoms with Crippen molar-refractivity contribution in [1.82, 2.24) is 0 Å². The standard InChI is InChI=1S/C13H11ClO3/c1-2-17-13(16)5-3-4-11-7-6-10(9-15)8-12(11)14/h6-9H,2,5H2,1H3. The molecule has 0 atom stereocenters. The number of aldehydes is 1. The van der Waals surface area contributed by atoms with Gasteiger partial charge in [-0.15, -0.1) is 0 Å². The highest BCUT2D eigenvalue weighted by Crippen LogP contribution is 2.15. The lowest BCUT2D eigenvalue weighted by Gasteiger charge is -1.97. The normalized spacial score (nSPS) is 9.06. The van der Waals surface area contributed by atoms with Crippen LogP contribution in [0.4, 0.5) is 0 Å². The Kier molecular flexibility index (Phi) is 5.25. The summed E-state index contributed by atoms with van der Waals surface area (Å²) in [5.41, 5.74) is 1.08. The summed E-state index contributed by atoms with van der Waals surface area (Å²) in [4.78, 5) is 21.5. The van der Waals surface area contributed by atoms with E-state index in [0.717, 1.165) is 0 Å². The van der Waals surface area contributed by atoms with E-state index in [-0.39, 0.29) is 12.4 Å². The number of hydrogen-bond donors (Lipinski definition) is 0. The molecule has 0 radical (unpaired) electrons. The molecular weight excluding hydrogens is 240 g/mol. The molecule has 0 aliphatic heterocycles. The third-order valence-electron chi connectivity index (χ3n) is 1.89. The van der Waals surface area contributed by atoms with Gasteiger partial charge in [0.05, 0.1) is 11.6 Å². The molecule has 0 saturated carbocycles. The van der Waals surface area contributed by atoms with Crippen LogP contribution in [0, 0.1) is 11.8 Å². The van der Waals surface area contributed by atoms with Crippen molar-refractivity contribution in [2.75, 3.05) is 6.61 Å². The van der Waals surface area contributed by atoms with Crippen molar-refractivity contribution < 1.29 is 14.3 Å². The molecule has 0 spiro atoms. The first-order chi connectivity index (χ1) is 8.17. The maximum absolute atomic E-state index is 11.0. The highest BCUT2D eigenvalue weighted by molar-refractivity contribution is 6.32. The van der Waals surface area contributed by atoms with Crippen LogP contribution in [0.5, 0.6) is 0 Å². The van der Waals surface area contributed by atoms with E-state index in [1.165, 1.54) is 6.07 Å². The number of ether oxygens (including phenoxy) is 1. The molecule has 17 heavy (non-hydrogen) atoms. The fourth-order valence-corrected chi connectivity index (χ4v) is 1.37. The third-order valence-corrected chi connectivity index (χ3v) is 2.20. The average molecular weight is 251 g/mol. The largest absolute Gasteiger partial charge is 0.465 e. The van der Waals surface area contributed by atoms with Crippen molar-refractivity contribution in [3.63, 3.8) is 0 Å². The molecule has 0 bridgehead atoms. The number of benzene rings is 1. The van der Waals surface area contributed by atoms with E-state index in [0.29, 0.717) is 29.0 Å². The Hall–Kier alpha value is -1.79. The van der Waals surface area contributed by atoms with Gasteiger partial charge in [0.25, 0.3) is 0 Å². The fraction of sp³-hybridized carbons (Fsp3) is 0.231. The molecule has 1 aromatic rings. The number of hydrogen-bond acceptors (Lipinski definition) is 3. The van der Waals surface area contributed by atoms with Gasteiger partial charge in [-0.3, -0.25) is 9.59 Å². The number of halogens is 1. The first-order valence-electron chi connectivity index (χ1n) is 5.06. The molecule has 0 aromatic heterocycles. The molecule has 0 heterocycles. The molecule has 0 aliphatic rings. The Morgan fingerprint density at radius 3 is 2.88 bits per heavy atom. The minimum Gasteiger partial charge on any atom is -0.465 e. The summed E-state index contributed by atoms with van der Waals surface area (Å²) >= 11 is 5.91. The van der Waals surface area contributed by atoms with Gasteiger partial charge in [0, 0.05) is 11.1 Å². The summed E-state index contributed by atoms with van der Waals surface area (Å²) in [7, 11) is 0. The lowest BCUT2D eigenvalue weighted by atomic mass is 10.1. The lowest BCUT2D eigenvalue weighted by Crippen LogP contribution is -2.01. The van der Waals surface area contributed by atoms with Crippen LogP contribution >= 0.6 is 11.6 Å². The monoisotopic (exact) mass is 250 g/mol. The van der Waals surface area contributed by atoms with Crippen LogP contribution < -0.4 is 0 Å². The molecule has 3 nitrogen and oxygen atoms in total. The summed E-state index contributed by atoms with van der Waals surface area (Å²) in [6.07, 6.45) is 0.737. The second-order valence-corrected chi connectivity index (χ2v) is 3.55. The maximum Gasteiger partial charge on any atom is 0.317 e.